The van der Waals surface area contributed by atoms with E-state index in [4.69, 9.17) is 0 Å². The van der Waals surface area contributed by atoms with Gasteiger partial charge in [0.15, 0.2) is 0 Å². The van der Waals surface area contributed by atoms with Crippen molar-refractivity contribution in [1.29, 1.82) is 0 Å². The summed E-state index contributed by atoms with van der Waals surface area (Å²) in [5, 5.41) is 29.6. The maximum atomic E-state index is 11.6. The summed E-state index contributed by atoms with van der Waals surface area (Å²) in [4.78, 5) is 11.6. The van der Waals surface area contributed by atoms with Gasteiger partial charge in [0.05, 0.1) is 0 Å². The molecule has 0 unspecified atom stereocenters. The first-order chi connectivity index (χ1) is 10.5. The highest BCUT2D eigenvalue weighted by Gasteiger charge is 2.27. The highest BCUT2D eigenvalue weighted by molar-refractivity contribution is 5.96. The van der Waals surface area contributed by atoms with Crippen LogP contribution in [0.25, 0.3) is 11.1 Å². The van der Waals surface area contributed by atoms with Gasteiger partial charge in [-0.15, -0.1) is 0 Å². The maximum Gasteiger partial charge on any atom is 0.339 e. The molecule has 0 aromatic heterocycles. The molecule has 0 aliphatic carbocycles. The minimum absolute atomic E-state index is 0.0695. The van der Waals surface area contributed by atoms with E-state index < -0.39 is 11.4 Å². The van der Waals surface area contributed by atoms with E-state index >= 15 is 0 Å². The topological polar surface area (TPSA) is 77.8 Å². The molecule has 4 heteroatoms. The number of benzene rings is 2. The Kier molecular flexibility index (Phi) is 4.12. The molecule has 23 heavy (non-hydrogen) atoms. The Morgan fingerprint density at radius 2 is 1.61 bits per heavy atom. The summed E-state index contributed by atoms with van der Waals surface area (Å²) < 4.78 is 0. The van der Waals surface area contributed by atoms with Crippen LogP contribution < -0.4 is 0 Å². The minimum atomic E-state index is -1.15. The van der Waals surface area contributed by atoms with Crippen molar-refractivity contribution in [1.82, 2.24) is 0 Å². The number of aromatic carboxylic acids is 1. The van der Waals surface area contributed by atoms with Gasteiger partial charge in [-0.3, -0.25) is 0 Å². The number of rotatable bonds is 2. The third-order valence-electron chi connectivity index (χ3n) is 4.08. The number of carbonyl (C=O) groups is 1. The van der Waals surface area contributed by atoms with Crippen molar-refractivity contribution >= 4 is 5.97 Å². The van der Waals surface area contributed by atoms with Crippen LogP contribution in [0.2, 0.25) is 0 Å². The molecule has 2 aromatic carbocycles. The zero-order valence-electron chi connectivity index (χ0n) is 14.1. The fourth-order valence-corrected chi connectivity index (χ4v) is 2.83. The Hall–Kier alpha value is -2.49. The van der Waals surface area contributed by atoms with E-state index in [0.717, 1.165) is 16.7 Å². The minimum Gasteiger partial charge on any atom is -0.508 e. The molecule has 0 aliphatic rings. The number of aryl methyl sites for hydroxylation is 1. The molecule has 3 N–H and O–H groups in total. The van der Waals surface area contributed by atoms with Gasteiger partial charge in [0.1, 0.15) is 17.1 Å². The Balaban J connectivity index is 2.88. The smallest absolute Gasteiger partial charge is 0.339 e. The Morgan fingerprint density at radius 1 is 1.00 bits per heavy atom. The van der Waals surface area contributed by atoms with Gasteiger partial charge in [-0.1, -0.05) is 26.8 Å². The molecule has 0 saturated carbocycles. The molecule has 122 valence electrons. The highest BCUT2D eigenvalue weighted by atomic mass is 16.4. The molecule has 0 saturated heterocycles. The standard InChI is InChI=1S/C19H22O4/c1-10-8-12(20)6-7-13(10)14-9-15(19(3,4)5)17(21)16(11(14)2)18(22)23/h6-9,20-21H,1-5H3,(H,22,23). The molecule has 4 nitrogen and oxygen atoms in total. The Morgan fingerprint density at radius 3 is 2.09 bits per heavy atom. The average Bonchev–Trinajstić information content (AvgIpc) is 2.38. The lowest BCUT2D eigenvalue weighted by Crippen LogP contribution is -2.15. The van der Waals surface area contributed by atoms with Gasteiger partial charge in [0, 0.05) is 5.56 Å². The van der Waals surface area contributed by atoms with Crippen LogP contribution in [-0.4, -0.2) is 21.3 Å². The van der Waals surface area contributed by atoms with Crippen LogP contribution >= 0.6 is 0 Å². The van der Waals surface area contributed by atoms with E-state index in [-0.39, 0.29) is 17.1 Å². The van der Waals surface area contributed by atoms with Crippen molar-refractivity contribution in [2.24, 2.45) is 0 Å². The van der Waals surface area contributed by atoms with Gasteiger partial charge in [-0.05, 0) is 59.7 Å². The first-order valence-corrected chi connectivity index (χ1v) is 7.44. The number of carboxylic acids is 1. The normalized spacial score (nSPS) is 11.5. The molecule has 0 atom stereocenters. The lowest BCUT2D eigenvalue weighted by Gasteiger charge is -2.24. The monoisotopic (exact) mass is 314 g/mol. The van der Waals surface area contributed by atoms with E-state index in [0.29, 0.717) is 11.1 Å². The second-order valence-electron chi connectivity index (χ2n) is 6.87. The number of phenols is 2. The largest absolute Gasteiger partial charge is 0.508 e. The summed E-state index contributed by atoms with van der Waals surface area (Å²) >= 11 is 0. The van der Waals surface area contributed by atoms with Gasteiger partial charge in [0.25, 0.3) is 0 Å². The maximum absolute atomic E-state index is 11.6. The van der Waals surface area contributed by atoms with Crippen LogP contribution in [0.1, 0.15) is 47.8 Å². The second kappa shape index (κ2) is 5.61. The number of aromatic hydroxyl groups is 2. The number of carboxylic acid groups (broad SMARTS) is 1. The molecule has 0 heterocycles. The molecule has 0 spiro atoms. The van der Waals surface area contributed by atoms with Crippen molar-refractivity contribution in [3.8, 4) is 22.6 Å². The fourth-order valence-electron chi connectivity index (χ4n) is 2.83. The van der Waals surface area contributed by atoms with Crippen LogP contribution in [0.4, 0.5) is 0 Å². The lowest BCUT2D eigenvalue weighted by atomic mass is 9.81. The average molecular weight is 314 g/mol. The molecule has 0 aliphatic heterocycles. The molecular weight excluding hydrogens is 292 g/mol. The SMILES string of the molecule is Cc1cc(O)ccc1-c1cc(C(C)(C)C)c(O)c(C(=O)O)c1C. The van der Waals surface area contributed by atoms with Crippen LogP contribution in [0, 0.1) is 13.8 Å². The van der Waals surface area contributed by atoms with Crippen LogP contribution in [0.15, 0.2) is 24.3 Å². The van der Waals surface area contributed by atoms with E-state index in [1.165, 1.54) is 0 Å². The molecule has 0 fully saturated rings. The van der Waals surface area contributed by atoms with Crippen molar-refractivity contribution in [2.75, 3.05) is 0 Å². The van der Waals surface area contributed by atoms with E-state index in [1.807, 2.05) is 33.8 Å². The molecule has 0 radical (unpaired) electrons. The van der Waals surface area contributed by atoms with Crippen LogP contribution in [-0.2, 0) is 5.41 Å². The summed E-state index contributed by atoms with van der Waals surface area (Å²) in [6, 6.07) is 6.82. The van der Waals surface area contributed by atoms with E-state index in [1.54, 1.807) is 25.1 Å². The predicted molar refractivity (Wildman–Crippen MR) is 90.3 cm³/mol. The van der Waals surface area contributed by atoms with Gasteiger partial charge < -0.3 is 15.3 Å². The van der Waals surface area contributed by atoms with Crippen molar-refractivity contribution in [3.63, 3.8) is 0 Å². The summed E-state index contributed by atoms with van der Waals surface area (Å²) in [7, 11) is 0. The Bertz CT molecular complexity index is 783. The van der Waals surface area contributed by atoms with Crippen LogP contribution in [0.5, 0.6) is 11.5 Å². The summed E-state index contributed by atoms with van der Waals surface area (Å²) in [5.74, 6) is -1.16. The summed E-state index contributed by atoms with van der Waals surface area (Å²) in [6.45, 7) is 9.33. The second-order valence-corrected chi connectivity index (χ2v) is 6.87. The van der Waals surface area contributed by atoms with Gasteiger partial charge in [-0.25, -0.2) is 4.79 Å². The summed E-state index contributed by atoms with van der Waals surface area (Å²) in [6.07, 6.45) is 0. The van der Waals surface area contributed by atoms with E-state index in [9.17, 15) is 20.1 Å². The third kappa shape index (κ3) is 3.02. The van der Waals surface area contributed by atoms with Crippen LogP contribution in [0.3, 0.4) is 0 Å². The first kappa shape index (κ1) is 16.9. The Labute approximate surface area is 136 Å². The number of phenolic OH excluding ortho intramolecular Hbond substituents is 1. The predicted octanol–water partition coefficient (Wildman–Crippen LogP) is 4.38. The van der Waals surface area contributed by atoms with Gasteiger partial charge in [-0.2, -0.15) is 0 Å². The third-order valence-corrected chi connectivity index (χ3v) is 4.08. The summed E-state index contributed by atoms with van der Waals surface area (Å²) in [5.41, 5.74) is 3.06. The molecule has 0 amide bonds. The lowest BCUT2D eigenvalue weighted by molar-refractivity contribution is 0.0692. The van der Waals surface area contributed by atoms with Gasteiger partial charge >= 0.3 is 5.97 Å². The molecule has 2 rings (SSSR count). The number of hydrogen-bond acceptors (Lipinski definition) is 3. The van der Waals surface area contributed by atoms with E-state index in [2.05, 4.69) is 0 Å². The highest BCUT2D eigenvalue weighted by Crippen LogP contribution is 2.41. The van der Waals surface area contributed by atoms with Crippen molar-refractivity contribution in [2.45, 2.75) is 40.0 Å². The fraction of sp³-hybridized carbons (Fsp3) is 0.316. The zero-order valence-corrected chi connectivity index (χ0v) is 14.1. The molecular formula is C19H22O4. The molecule has 2 aromatic rings. The quantitative estimate of drug-likeness (QED) is 0.769. The van der Waals surface area contributed by atoms with Crippen molar-refractivity contribution < 1.29 is 20.1 Å². The molecule has 0 bridgehead atoms. The number of hydrogen-bond donors (Lipinski definition) is 3. The van der Waals surface area contributed by atoms with Gasteiger partial charge in [0.2, 0.25) is 0 Å². The zero-order chi connectivity index (χ0) is 17.5. The first-order valence-electron chi connectivity index (χ1n) is 7.44. The van der Waals surface area contributed by atoms with Crippen molar-refractivity contribution in [3.05, 3.63) is 46.5 Å².